The summed E-state index contributed by atoms with van der Waals surface area (Å²) in [6.45, 7) is 0.242. The van der Waals surface area contributed by atoms with E-state index < -0.39 is 12.2 Å². The van der Waals surface area contributed by atoms with Gasteiger partial charge in [0, 0.05) is 11.8 Å². The van der Waals surface area contributed by atoms with Gasteiger partial charge in [-0.3, -0.25) is 10.1 Å². The third-order valence-corrected chi connectivity index (χ3v) is 5.81. The normalized spacial score (nSPS) is 12.6. The molecule has 1 atom stereocenters. The first-order chi connectivity index (χ1) is 19.0. The van der Waals surface area contributed by atoms with Crippen molar-refractivity contribution < 1.29 is 33.6 Å². The second-order valence-corrected chi connectivity index (χ2v) is 8.64. The second-order valence-electron chi connectivity index (χ2n) is 8.64. The van der Waals surface area contributed by atoms with Gasteiger partial charge in [0.2, 0.25) is 12.7 Å². The second kappa shape index (κ2) is 13.7. The fourth-order valence-electron chi connectivity index (χ4n) is 3.88. The number of anilines is 3. The number of carbonyl (C=O) groups is 2. The zero-order chi connectivity index (χ0) is 27.5. The molecule has 0 aliphatic carbocycles. The minimum Gasteiger partial charge on any atom is -0.491 e. The molecule has 0 bridgehead atoms. The number of nitrogen functional groups attached to an aromatic ring is 1. The highest BCUT2D eigenvalue weighted by Crippen LogP contribution is 2.34. The molecular weight excluding hydrogens is 502 g/mol. The number of allylic oxidation sites excluding steroid dienone is 1. The minimum absolute atomic E-state index is 0.0855. The van der Waals surface area contributed by atoms with E-state index in [0.29, 0.717) is 53.6 Å². The molecule has 39 heavy (non-hydrogen) atoms. The molecule has 0 saturated heterocycles. The van der Waals surface area contributed by atoms with Gasteiger partial charge in [-0.15, -0.1) is 0 Å². The number of amides is 2. The fraction of sp³-hybridized carbons (Fsp3) is 0.241. The summed E-state index contributed by atoms with van der Waals surface area (Å²) in [5, 5.41) is 14.4. The molecule has 0 saturated carbocycles. The Morgan fingerprint density at radius 3 is 2.62 bits per heavy atom. The molecule has 10 heteroatoms. The van der Waals surface area contributed by atoms with Crippen LogP contribution in [0.3, 0.4) is 0 Å². The molecule has 0 unspecified atom stereocenters. The van der Waals surface area contributed by atoms with Crippen LogP contribution in [-0.4, -0.2) is 37.1 Å². The third kappa shape index (κ3) is 8.14. The van der Waals surface area contributed by atoms with Crippen LogP contribution < -0.4 is 30.6 Å². The summed E-state index contributed by atoms with van der Waals surface area (Å²) in [5.74, 6) is 1.49. The topological polar surface area (TPSA) is 141 Å². The van der Waals surface area contributed by atoms with Crippen molar-refractivity contribution in [3.05, 3.63) is 84.4 Å². The van der Waals surface area contributed by atoms with Crippen molar-refractivity contribution in [2.75, 3.05) is 36.4 Å². The zero-order valence-electron chi connectivity index (χ0n) is 21.3. The number of nitrogens with one attached hydrogen (secondary N) is 2. The number of para-hydroxylation sites is 2. The van der Waals surface area contributed by atoms with Crippen LogP contribution in [0.15, 0.2) is 78.9 Å². The molecular formula is C29H31N3O7. The Kier molecular flexibility index (Phi) is 9.63. The van der Waals surface area contributed by atoms with Crippen molar-refractivity contribution in [1.29, 1.82) is 0 Å². The van der Waals surface area contributed by atoms with Crippen molar-refractivity contribution >= 4 is 29.1 Å². The van der Waals surface area contributed by atoms with E-state index in [2.05, 4.69) is 10.6 Å². The van der Waals surface area contributed by atoms with Crippen LogP contribution in [0.5, 0.6) is 17.2 Å². The molecule has 0 spiro atoms. The molecule has 1 aliphatic rings. The van der Waals surface area contributed by atoms with Gasteiger partial charge in [-0.2, -0.15) is 0 Å². The highest BCUT2D eigenvalue weighted by atomic mass is 16.7. The first-order valence-electron chi connectivity index (χ1n) is 12.5. The van der Waals surface area contributed by atoms with Crippen molar-refractivity contribution in [2.45, 2.75) is 25.4 Å². The van der Waals surface area contributed by atoms with E-state index in [0.717, 1.165) is 5.56 Å². The van der Waals surface area contributed by atoms with E-state index in [9.17, 15) is 9.59 Å². The van der Waals surface area contributed by atoms with Crippen molar-refractivity contribution in [1.82, 2.24) is 0 Å². The van der Waals surface area contributed by atoms with E-state index in [4.69, 9.17) is 29.8 Å². The number of aliphatic hydroxyl groups excluding tert-OH is 1. The average molecular weight is 534 g/mol. The maximum absolute atomic E-state index is 12.7. The van der Waals surface area contributed by atoms with Gasteiger partial charge in [-0.1, -0.05) is 30.3 Å². The van der Waals surface area contributed by atoms with E-state index >= 15 is 0 Å². The van der Waals surface area contributed by atoms with Crippen molar-refractivity contribution in [3.8, 4) is 17.2 Å². The number of nitrogens with two attached hydrogens (primary N) is 1. The summed E-state index contributed by atoms with van der Waals surface area (Å²) in [5.41, 5.74) is 8.21. The summed E-state index contributed by atoms with van der Waals surface area (Å²) in [4.78, 5) is 25.0. The van der Waals surface area contributed by atoms with Crippen LogP contribution in [0.25, 0.3) is 0 Å². The van der Waals surface area contributed by atoms with E-state index in [-0.39, 0.29) is 25.9 Å². The quantitative estimate of drug-likeness (QED) is 0.144. The van der Waals surface area contributed by atoms with E-state index in [1.54, 1.807) is 60.7 Å². The summed E-state index contributed by atoms with van der Waals surface area (Å²) in [6, 6.07) is 19.3. The van der Waals surface area contributed by atoms with Gasteiger partial charge in [-0.05, 0) is 67.3 Å². The zero-order valence-corrected chi connectivity index (χ0v) is 21.3. The lowest BCUT2D eigenvalue weighted by atomic mass is 10.0. The predicted octanol–water partition coefficient (Wildman–Crippen LogP) is 5.02. The van der Waals surface area contributed by atoms with Crippen LogP contribution in [-0.2, 0) is 9.53 Å². The highest BCUT2D eigenvalue weighted by Gasteiger charge is 2.19. The average Bonchev–Trinajstić information content (AvgIpc) is 3.41. The number of ether oxygens (including phenoxy) is 4. The van der Waals surface area contributed by atoms with Gasteiger partial charge in [0.25, 0.3) is 0 Å². The third-order valence-electron chi connectivity index (χ3n) is 5.81. The SMILES string of the molecule is Nc1ccccc1NC(=O)/C=C/CCC[C@@H](OC(=O)Nc1ccc2c(c1)OCO2)c1ccc(OCCO)cc1. The molecule has 1 aliphatic heterocycles. The summed E-state index contributed by atoms with van der Waals surface area (Å²) >= 11 is 0. The highest BCUT2D eigenvalue weighted by molar-refractivity contribution is 6.01. The lowest BCUT2D eigenvalue weighted by Gasteiger charge is -2.19. The largest absolute Gasteiger partial charge is 0.491 e. The van der Waals surface area contributed by atoms with Gasteiger partial charge in [-0.25, -0.2) is 4.79 Å². The maximum Gasteiger partial charge on any atom is 0.412 e. The Morgan fingerprint density at radius 2 is 1.82 bits per heavy atom. The van der Waals surface area contributed by atoms with E-state index in [1.807, 2.05) is 12.1 Å². The molecule has 1 heterocycles. The van der Waals surface area contributed by atoms with Crippen LogP contribution in [0, 0.1) is 0 Å². The Bertz CT molecular complexity index is 1290. The van der Waals surface area contributed by atoms with Crippen LogP contribution in [0.4, 0.5) is 21.9 Å². The number of hydrogen-bond acceptors (Lipinski definition) is 8. The molecule has 5 N–H and O–H groups in total. The summed E-state index contributed by atoms with van der Waals surface area (Å²) < 4.78 is 21.9. The Balaban J connectivity index is 1.34. The van der Waals surface area contributed by atoms with Gasteiger partial charge in [0.1, 0.15) is 18.5 Å². The molecule has 3 aromatic rings. The molecule has 0 radical (unpaired) electrons. The van der Waals surface area contributed by atoms with Gasteiger partial charge >= 0.3 is 6.09 Å². The standard InChI is InChI=1S/C29H31N3O7/c30-23-6-4-5-7-24(23)32-28(34)9-3-1-2-8-25(20-10-13-22(14-11-20)36-17-16-33)39-29(35)31-21-12-15-26-27(18-21)38-19-37-26/h3-7,9-15,18,25,33H,1-2,8,16-17,19,30H2,(H,31,35)(H,32,34)/b9-3+/t25-/m1/s1. The van der Waals surface area contributed by atoms with Crippen molar-refractivity contribution in [3.63, 3.8) is 0 Å². The Hall–Kier alpha value is -4.70. The monoisotopic (exact) mass is 533 g/mol. The summed E-state index contributed by atoms with van der Waals surface area (Å²) in [6.07, 6.45) is 3.84. The number of benzene rings is 3. The lowest BCUT2D eigenvalue weighted by Crippen LogP contribution is -2.17. The number of unbranched alkanes of at least 4 members (excludes halogenated alkanes) is 1. The molecule has 3 aromatic carbocycles. The fourth-order valence-corrected chi connectivity index (χ4v) is 3.88. The number of hydrogen-bond donors (Lipinski definition) is 4. The van der Waals surface area contributed by atoms with Crippen LogP contribution in [0.2, 0.25) is 0 Å². The predicted molar refractivity (Wildman–Crippen MR) is 147 cm³/mol. The smallest absolute Gasteiger partial charge is 0.412 e. The number of carbonyl (C=O) groups excluding carboxylic acids is 2. The van der Waals surface area contributed by atoms with E-state index in [1.165, 1.54) is 6.08 Å². The Labute approximate surface area is 226 Å². The first kappa shape index (κ1) is 27.3. The first-order valence-corrected chi connectivity index (χ1v) is 12.5. The van der Waals surface area contributed by atoms with Crippen LogP contribution in [0.1, 0.15) is 30.9 Å². The molecule has 204 valence electrons. The molecule has 2 amide bonds. The number of aliphatic hydroxyl groups is 1. The Morgan fingerprint density at radius 1 is 1.03 bits per heavy atom. The molecule has 4 rings (SSSR count). The maximum atomic E-state index is 12.7. The van der Waals surface area contributed by atoms with Gasteiger partial charge < -0.3 is 35.1 Å². The van der Waals surface area contributed by atoms with Crippen LogP contribution >= 0.6 is 0 Å². The minimum atomic E-state index is -0.616. The number of rotatable bonds is 12. The summed E-state index contributed by atoms with van der Waals surface area (Å²) in [7, 11) is 0. The van der Waals surface area contributed by atoms with Gasteiger partial charge in [0.05, 0.1) is 18.0 Å². The van der Waals surface area contributed by atoms with Crippen molar-refractivity contribution in [2.24, 2.45) is 0 Å². The number of fused-ring (bicyclic) bond motifs is 1. The van der Waals surface area contributed by atoms with Gasteiger partial charge in [0.15, 0.2) is 11.5 Å². The lowest BCUT2D eigenvalue weighted by molar-refractivity contribution is -0.111. The molecule has 0 fully saturated rings. The molecule has 10 nitrogen and oxygen atoms in total. The molecule has 0 aromatic heterocycles.